The average Bonchev–Trinajstić information content (AvgIpc) is 2.38. The van der Waals surface area contributed by atoms with E-state index in [1.165, 1.54) is 40.6 Å². The van der Waals surface area contributed by atoms with Gasteiger partial charge >= 0.3 is 0 Å². The highest BCUT2D eigenvalue weighted by atomic mass is 79.9. The molecule has 0 spiro atoms. The third-order valence-electron chi connectivity index (χ3n) is 3.78. The molecule has 0 amide bonds. The molecule has 1 aromatic carbocycles. The highest BCUT2D eigenvalue weighted by molar-refractivity contribution is 9.10. The molecule has 1 aliphatic rings. The van der Waals surface area contributed by atoms with Crippen LogP contribution in [0.2, 0.25) is 0 Å². The van der Waals surface area contributed by atoms with Crippen LogP contribution >= 0.6 is 27.7 Å². The fraction of sp³-hybridized carbons (Fsp3) is 0.625. The topological polar surface area (TPSA) is 12.0 Å². The third-order valence-corrected chi connectivity index (χ3v) is 5.81. The second-order valence-electron chi connectivity index (χ2n) is 5.55. The monoisotopic (exact) mass is 341 g/mol. The molecular weight excluding hydrogens is 318 g/mol. The molecule has 0 radical (unpaired) electrons. The SMILES string of the molecule is CCNCc1ccc(SC2CCCC(C)C2)cc1Br. The van der Waals surface area contributed by atoms with Crippen molar-refractivity contribution in [3.63, 3.8) is 0 Å². The van der Waals surface area contributed by atoms with Gasteiger partial charge in [0.2, 0.25) is 0 Å². The van der Waals surface area contributed by atoms with Crippen LogP contribution in [0.3, 0.4) is 0 Å². The minimum Gasteiger partial charge on any atom is -0.313 e. The summed E-state index contributed by atoms with van der Waals surface area (Å²) in [7, 11) is 0. The van der Waals surface area contributed by atoms with Crippen LogP contribution in [0.15, 0.2) is 27.6 Å². The number of hydrogen-bond donors (Lipinski definition) is 1. The predicted octanol–water partition coefficient (Wildman–Crippen LogP) is 5.23. The lowest BCUT2D eigenvalue weighted by molar-refractivity contribution is 0.394. The summed E-state index contributed by atoms with van der Waals surface area (Å²) in [6.07, 6.45) is 5.58. The van der Waals surface area contributed by atoms with Gasteiger partial charge in [-0.3, -0.25) is 0 Å². The maximum atomic E-state index is 3.70. The van der Waals surface area contributed by atoms with Crippen LogP contribution in [0.4, 0.5) is 0 Å². The first kappa shape index (κ1) is 15.4. The van der Waals surface area contributed by atoms with E-state index in [2.05, 4.69) is 65.1 Å². The van der Waals surface area contributed by atoms with Crippen molar-refractivity contribution in [2.45, 2.75) is 56.2 Å². The van der Waals surface area contributed by atoms with Crippen LogP contribution in [0.5, 0.6) is 0 Å². The van der Waals surface area contributed by atoms with Crippen LogP contribution in [-0.4, -0.2) is 11.8 Å². The zero-order valence-electron chi connectivity index (χ0n) is 11.9. The molecule has 2 atom stereocenters. The standard InChI is InChI=1S/C16H24BrNS/c1-3-18-11-13-7-8-15(10-16(13)17)19-14-6-4-5-12(2)9-14/h7-8,10,12,14,18H,3-6,9,11H2,1-2H3. The van der Waals surface area contributed by atoms with Crippen molar-refractivity contribution >= 4 is 27.7 Å². The third kappa shape index (κ3) is 4.80. The van der Waals surface area contributed by atoms with Crippen LogP contribution in [0, 0.1) is 5.92 Å². The van der Waals surface area contributed by atoms with Crippen molar-refractivity contribution < 1.29 is 0 Å². The van der Waals surface area contributed by atoms with Crippen molar-refractivity contribution in [2.75, 3.05) is 6.54 Å². The van der Waals surface area contributed by atoms with E-state index in [-0.39, 0.29) is 0 Å². The number of rotatable bonds is 5. The van der Waals surface area contributed by atoms with E-state index in [0.29, 0.717) is 0 Å². The number of benzene rings is 1. The van der Waals surface area contributed by atoms with E-state index >= 15 is 0 Å². The van der Waals surface area contributed by atoms with Gasteiger partial charge in [-0.25, -0.2) is 0 Å². The molecule has 106 valence electrons. The van der Waals surface area contributed by atoms with E-state index in [1.54, 1.807) is 0 Å². The Morgan fingerprint density at radius 1 is 1.37 bits per heavy atom. The summed E-state index contributed by atoms with van der Waals surface area (Å²) in [5.74, 6) is 0.905. The number of nitrogens with one attached hydrogen (secondary N) is 1. The zero-order chi connectivity index (χ0) is 13.7. The lowest BCUT2D eigenvalue weighted by atomic mass is 9.91. The molecule has 2 unspecified atom stereocenters. The lowest BCUT2D eigenvalue weighted by Gasteiger charge is -2.26. The van der Waals surface area contributed by atoms with E-state index in [0.717, 1.165) is 24.3 Å². The molecule has 1 nitrogen and oxygen atoms in total. The molecule has 0 bridgehead atoms. The molecule has 1 N–H and O–H groups in total. The van der Waals surface area contributed by atoms with Crippen molar-refractivity contribution in [1.29, 1.82) is 0 Å². The Morgan fingerprint density at radius 3 is 2.89 bits per heavy atom. The highest BCUT2D eigenvalue weighted by Crippen LogP contribution is 2.37. The fourth-order valence-corrected chi connectivity index (χ4v) is 4.78. The molecule has 0 heterocycles. The molecule has 2 rings (SSSR count). The predicted molar refractivity (Wildman–Crippen MR) is 88.8 cm³/mol. The molecule has 1 aliphatic carbocycles. The van der Waals surface area contributed by atoms with Gasteiger partial charge in [0, 0.05) is 21.2 Å². The largest absolute Gasteiger partial charge is 0.313 e. The van der Waals surface area contributed by atoms with Gasteiger partial charge in [0.15, 0.2) is 0 Å². The summed E-state index contributed by atoms with van der Waals surface area (Å²) >= 11 is 5.77. The molecule has 3 heteroatoms. The smallest absolute Gasteiger partial charge is 0.0231 e. The Labute approximate surface area is 130 Å². The first-order valence-electron chi connectivity index (χ1n) is 7.34. The van der Waals surface area contributed by atoms with Crippen LogP contribution in [-0.2, 0) is 6.54 Å². The molecule has 1 fully saturated rings. The minimum absolute atomic E-state index is 0.815. The molecule has 0 aliphatic heterocycles. The summed E-state index contributed by atoms with van der Waals surface area (Å²) < 4.78 is 1.24. The van der Waals surface area contributed by atoms with Crippen molar-refractivity contribution in [1.82, 2.24) is 5.32 Å². The van der Waals surface area contributed by atoms with E-state index in [9.17, 15) is 0 Å². The molecule has 0 aromatic heterocycles. The Kier molecular flexibility index (Phi) is 6.24. The Balaban J connectivity index is 1.95. The summed E-state index contributed by atoms with van der Waals surface area (Å²) in [5, 5.41) is 4.19. The van der Waals surface area contributed by atoms with Gasteiger partial charge in [-0.15, -0.1) is 11.8 Å². The van der Waals surface area contributed by atoms with Gasteiger partial charge in [0.1, 0.15) is 0 Å². The number of thioether (sulfide) groups is 1. The molecule has 19 heavy (non-hydrogen) atoms. The van der Waals surface area contributed by atoms with Crippen molar-refractivity contribution in [2.24, 2.45) is 5.92 Å². The first-order valence-corrected chi connectivity index (χ1v) is 9.02. The fourth-order valence-electron chi connectivity index (χ4n) is 2.68. The Bertz CT molecular complexity index is 408. The summed E-state index contributed by atoms with van der Waals surface area (Å²) in [6, 6.07) is 6.82. The van der Waals surface area contributed by atoms with Gasteiger partial charge in [-0.2, -0.15) is 0 Å². The Morgan fingerprint density at radius 2 is 2.21 bits per heavy atom. The molecule has 0 saturated heterocycles. The van der Waals surface area contributed by atoms with Gasteiger partial charge in [0.25, 0.3) is 0 Å². The van der Waals surface area contributed by atoms with Crippen LogP contribution in [0.25, 0.3) is 0 Å². The summed E-state index contributed by atoms with van der Waals surface area (Å²) in [6.45, 7) is 6.50. The van der Waals surface area contributed by atoms with Crippen molar-refractivity contribution in [3.05, 3.63) is 28.2 Å². The molecule has 1 saturated carbocycles. The normalized spacial score (nSPS) is 23.5. The lowest BCUT2D eigenvalue weighted by Crippen LogP contribution is -2.15. The highest BCUT2D eigenvalue weighted by Gasteiger charge is 2.19. The quantitative estimate of drug-likeness (QED) is 0.786. The maximum absolute atomic E-state index is 3.70. The van der Waals surface area contributed by atoms with Crippen molar-refractivity contribution in [3.8, 4) is 0 Å². The summed E-state index contributed by atoms with van der Waals surface area (Å²) in [4.78, 5) is 1.41. The number of hydrogen-bond acceptors (Lipinski definition) is 2. The van der Waals surface area contributed by atoms with Gasteiger partial charge in [-0.1, -0.05) is 48.7 Å². The average molecular weight is 342 g/mol. The zero-order valence-corrected chi connectivity index (χ0v) is 14.3. The van der Waals surface area contributed by atoms with E-state index in [4.69, 9.17) is 0 Å². The van der Waals surface area contributed by atoms with E-state index in [1.807, 2.05) is 0 Å². The molecule has 1 aromatic rings. The van der Waals surface area contributed by atoms with E-state index < -0.39 is 0 Å². The molecular formula is C16H24BrNS. The second kappa shape index (κ2) is 7.70. The summed E-state index contributed by atoms with van der Waals surface area (Å²) in [5.41, 5.74) is 1.35. The van der Waals surface area contributed by atoms with Gasteiger partial charge in [0.05, 0.1) is 0 Å². The van der Waals surface area contributed by atoms with Gasteiger partial charge in [-0.05, 0) is 43.0 Å². The first-order chi connectivity index (χ1) is 9.19. The van der Waals surface area contributed by atoms with Gasteiger partial charge < -0.3 is 5.32 Å². The van der Waals surface area contributed by atoms with Crippen LogP contribution < -0.4 is 5.32 Å². The minimum atomic E-state index is 0.815. The second-order valence-corrected chi connectivity index (χ2v) is 7.77. The van der Waals surface area contributed by atoms with Crippen LogP contribution in [0.1, 0.15) is 45.1 Å². The maximum Gasteiger partial charge on any atom is 0.0231 e. The Hall–Kier alpha value is 0.01000. The number of halogens is 1.